The maximum atomic E-state index is 12.7. The first kappa shape index (κ1) is 18.8. The van der Waals surface area contributed by atoms with Crippen molar-refractivity contribution in [1.82, 2.24) is 0 Å². The fraction of sp³-hybridized carbons (Fsp3) is 0.115. The first-order valence-electron chi connectivity index (χ1n) is 9.68. The number of carbonyl (C=O) groups is 1. The number of aryl methyl sites for hydroxylation is 2. The van der Waals surface area contributed by atoms with Gasteiger partial charge in [0.1, 0.15) is 12.4 Å². The van der Waals surface area contributed by atoms with Crippen molar-refractivity contribution in [2.24, 2.45) is 0 Å². The van der Waals surface area contributed by atoms with Crippen LogP contribution in [-0.4, -0.2) is 5.91 Å². The fourth-order valence-electron chi connectivity index (χ4n) is 3.42. The molecule has 0 unspecified atom stereocenters. The summed E-state index contributed by atoms with van der Waals surface area (Å²) in [6, 6.07) is 27.8. The lowest BCUT2D eigenvalue weighted by atomic mass is 10.1. The second-order valence-electron chi connectivity index (χ2n) is 7.22. The summed E-state index contributed by atoms with van der Waals surface area (Å²) in [5.74, 6) is 0.698. The number of hydrogen-bond acceptors (Lipinski definition) is 2. The Morgan fingerprint density at radius 2 is 1.52 bits per heavy atom. The van der Waals surface area contributed by atoms with E-state index < -0.39 is 0 Å². The molecule has 3 nitrogen and oxygen atoms in total. The normalized spacial score (nSPS) is 10.7. The number of ether oxygens (including phenoxy) is 1. The number of fused-ring (bicyclic) bond motifs is 1. The van der Waals surface area contributed by atoms with Gasteiger partial charge in [0.25, 0.3) is 5.91 Å². The molecule has 1 amide bonds. The van der Waals surface area contributed by atoms with E-state index in [9.17, 15) is 4.79 Å². The van der Waals surface area contributed by atoms with Crippen LogP contribution in [0.4, 0.5) is 5.69 Å². The van der Waals surface area contributed by atoms with Gasteiger partial charge in [-0.05, 0) is 65.6 Å². The Balaban J connectivity index is 1.47. The van der Waals surface area contributed by atoms with Crippen LogP contribution in [0.3, 0.4) is 0 Å². The Morgan fingerprint density at radius 3 is 2.31 bits per heavy atom. The van der Waals surface area contributed by atoms with E-state index in [0.29, 0.717) is 12.2 Å². The number of carbonyl (C=O) groups excluding carboxylic acids is 1. The summed E-state index contributed by atoms with van der Waals surface area (Å²) in [4.78, 5) is 12.7. The number of benzene rings is 4. The van der Waals surface area contributed by atoms with Gasteiger partial charge in [0.15, 0.2) is 0 Å². The molecule has 0 aromatic heterocycles. The van der Waals surface area contributed by atoms with Crippen LogP contribution in [0, 0.1) is 13.8 Å². The van der Waals surface area contributed by atoms with Gasteiger partial charge in [0.05, 0.1) is 0 Å². The molecule has 0 bridgehead atoms. The quantitative estimate of drug-likeness (QED) is 0.441. The standard InChI is InChI=1S/C26H23NO2/c1-18-7-5-8-19(2)25(18)27-26(28)23-12-6-9-20(15-23)17-29-24-14-13-21-10-3-4-11-22(21)16-24/h3-16H,17H2,1-2H3,(H,27,28). The molecule has 0 aliphatic heterocycles. The Labute approximate surface area is 171 Å². The molecule has 0 spiro atoms. The average molecular weight is 381 g/mol. The molecular formula is C26H23NO2. The molecule has 0 radical (unpaired) electrons. The molecule has 144 valence electrons. The Hall–Kier alpha value is -3.59. The van der Waals surface area contributed by atoms with Crippen molar-refractivity contribution in [3.63, 3.8) is 0 Å². The largest absolute Gasteiger partial charge is 0.489 e. The molecule has 29 heavy (non-hydrogen) atoms. The average Bonchev–Trinajstić information content (AvgIpc) is 2.75. The predicted octanol–water partition coefficient (Wildman–Crippen LogP) is 6.29. The molecule has 3 heteroatoms. The topological polar surface area (TPSA) is 38.3 Å². The molecule has 4 aromatic carbocycles. The molecule has 4 rings (SSSR count). The van der Waals surface area contributed by atoms with E-state index in [1.165, 1.54) is 5.39 Å². The Bertz CT molecular complexity index is 1160. The van der Waals surface area contributed by atoms with Gasteiger partial charge >= 0.3 is 0 Å². The number of anilines is 1. The van der Waals surface area contributed by atoms with Crippen molar-refractivity contribution in [3.8, 4) is 5.75 Å². The van der Waals surface area contributed by atoms with Gasteiger partial charge in [0.2, 0.25) is 0 Å². The van der Waals surface area contributed by atoms with Gasteiger partial charge in [-0.3, -0.25) is 4.79 Å². The SMILES string of the molecule is Cc1cccc(C)c1NC(=O)c1cccc(COc2ccc3ccccc3c2)c1. The summed E-state index contributed by atoms with van der Waals surface area (Å²) in [5.41, 5.74) is 4.54. The lowest BCUT2D eigenvalue weighted by Gasteiger charge is -2.12. The lowest BCUT2D eigenvalue weighted by Crippen LogP contribution is -2.14. The Kier molecular flexibility index (Phi) is 5.30. The van der Waals surface area contributed by atoms with E-state index in [2.05, 4.69) is 23.5 Å². The smallest absolute Gasteiger partial charge is 0.255 e. The summed E-state index contributed by atoms with van der Waals surface area (Å²) >= 11 is 0. The third-order valence-electron chi connectivity index (χ3n) is 5.04. The van der Waals surface area contributed by atoms with E-state index >= 15 is 0 Å². The van der Waals surface area contributed by atoms with Gasteiger partial charge in [-0.15, -0.1) is 0 Å². The van der Waals surface area contributed by atoms with E-state index in [-0.39, 0.29) is 5.91 Å². The van der Waals surface area contributed by atoms with Crippen molar-refractivity contribution in [3.05, 3.63) is 107 Å². The van der Waals surface area contributed by atoms with Crippen LogP contribution in [-0.2, 0) is 6.61 Å². The van der Waals surface area contributed by atoms with Gasteiger partial charge in [-0.2, -0.15) is 0 Å². The van der Waals surface area contributed by atoms with Crippen LogP contribution in [0.25, 0.3) is 10.8 Å². The zero-order valence-electron chi connectivity index (χ0n) is 16.6. The highest BCUT2D eigenvalue weighted by molar-refractivity contribution is 6.05. The molecular weight excluding hydrogens is 358 g/mol. The minimum Gasteiger partial charge on any atom is -0.489 e. The van der Waals surface area contributed by atoms with Gasteiger partial charge < -0.3 is 10.1 Å². The van der Waals surface area contributed by atoms with Gasteiger partial charge in [-0.25, -0.2) is 0 Å². The second kappa shape index (κ2) is 8.19. The van der Waals surface area contributed by atoms with Crippen molar-refractivity contribution >= 4 is 22.4 Å². The monoisotopic (exact) mass is 381 g/mol. The van der Waals surface area contributed by atoms with E-state index in [1.54, 1.807) is 0 Å². The van der Waals surface area contributed by atoms with Crippen LogP contribution in [0.1, 0.15) is 27.0 Å². The summed E-state index contributed by atoms with van der Waals surface area (Å²) in [6.07, 6.45) is 0. The first-order chi connectivity index (χ1) is 14.1. The molecule has 0 saturated heterocycles. The molecule has 0 heterocycles. The molecule has 0 fully saturated rings. The maximum Gasteiger partial charge on any atom is 0.255 e. The summed E-state index contributed by atoms with van der Waals surface area (Å²) in [5, 5.41) is 5.37. The van der Waals surface area contributed by atoms with Crippen molar-refractivity contribution in [2.45, 2.75) is 20.5 Å². The lowest BCUT2D eigenvalue weighted by molar-refractivity contribution is 0.102. The minimum atomic E-state index is -0.116. The predicted molar refractivity (Wildman–Crippen MR) is 119 cm³/mol. The van der Waals surface area contributed by atoms with Gasteiger partial charge in [0, 0.05) is 11.3 Å². The van der Waals surface area contributed by atoms with E-state index in [0.717, 1.165) is 33.5 Å². The van der Waals surface area contributed by atoms with Crippen LogP contribution in [0.5, 0.6) is 5.75 Å². The highest BCUT2D eigenvalue weighted by Crippen LogP contribution is 2.23. The number of amides is 1. The van der Waals surface area contributed by atoms with Gasteiger partial charge in [-0.1, -0.05) is 60.7 Å². The van der Waals surface area contributed by atoms with Crippen molar-refractivity contribution < 1.29 is 9.53 Å². The first-order valence-corrected chi connectivity index (χ1v) is 9.68. The van der Waals surface area contributed by atoms with Crippen LogP contribution in [0.2, 0.25) is 0 Å². The van der Waals surface area contributed by atoms with Crippen LogP contribution >= 0.6 is 0 Å². The zero-order valence-corrected chi connectivity index (χ0v) is 16.6. The zero-order chi connectivity index (χ0) is 20.2. The maximum absolute atomic E-state index is 12.7. The van der Waals surface area contributed by atoms with Crippen LogP contribution in [0.15, 0.2) is 84.9 Å². The highest BCUT2D eigenvalue weighted by atomic mass is 16.5. The third-order valence-corrected chi connectivity index (χ3v) is 5.04. The molecule has 0 aliphatic rings. The number of nitrogens with one attached hydrogen (secondary N) is 1. The number of rotatable bonds is 5. The number of hydrogen-bond donors (Lipinski definition) is 1. The number of para-hydroxylation sites is 1. The van der Waals surface area contributed by atoms with E-state index in [1.807, 2.05) is 80.6 Å². The third kappa shape index (κ3) is 4.30. The Morgan fingerprint density at radius 1 is 0.793 bits per heavy atom. The summed E-state index contributed by atoms with van der Waals surface area (Å²) in [7, 11) is 0. The molecule has 4 aromatic rings. The molecule has 0 aliphatic carbocycles. The fourth-order valence-corrected chi connectivity index (χ4v) is 3.42. The molecule has 1 N–H and O–H groups in total. The molecule has 0 saturated carbocycles. The van der Waals surface area contributed by atoms with Crippen molar-refractivity contribution in [2.75, 3.05) is 5.32 Å². The van der Waals surface area contributed by atoms with Crippen LogP contribution < -0.4 is 10.1 Å². The minimum absolute atomic E-state index is 0.116. The van der Waals surface area contributed by atoms with Crippen molar-refractivity contribution in [1.29, 1.82) is 0 Å². The summed E-state index contributed by atoms with van der Waals surface area (Å²) in [6.45, 7) is 4.40. The second-order valence-corrected chi connectivity index (χ2v) is 7.22. The summed E-state index contributed by atoms with van der Waals surface area (Å²) < 4.78 is 5.96. The molecule has 0 atom stereocenters. The van der Waals surface area contributed by atoms with E-state index in [4.69, 9.17) is 4.74 Å². The highest BCUT2D eigenvalue weighted by Gasteiger charge is 2.10.